The van der Waals surface area contributed by atoms with Gasteiger partial charge in [-0.25, -0.2) is 8.42 Å². The van der Waals surface area contributed by atoms with E-state index >= 15 is 0 Å². The van der Waals surface area contributed by atoms with Crippen LogP contribution >= 0.6 is 0 Å². The van der Waals surface area contributed by atoms with E-state index in [1.54, 1.807) is 0 Å². The van der Waals surface area contributed by atoms with Gasteiger partial charge in [0.05, 0.1) is 6.61 Å². The van der Waals surface area contributed by atoms with Crippen molar-refractivity contribution in [2.24, 2.45) is 5.92 Å². The van der Waals surface area contributed by atoms with Crippen LogP contribution in [0.15, 0.2) is 0 Å². The van der Waals surface area contributed by atoms with Gasteiger partial charge in [0, 0.05) is 0 Å². The van der Waals surface area contributed by atoms with Crippen LogP contribution in [0.3, 0.4) is 0 Å². The summed E-state index contributed by atoms with van der Waals surface area (Å²) in [7, 11) is -4.59. The van der Waals surface area contributed by atoms with Gasteiger partial charge in [-0.3, -0.25) is 4.18 Å². The van der Waals surface area contributed by atoms with Crippen molar-refractivity contribution in [2.45, 2.75) is 232 Å². The average molecular weight is 669 g/mol. The van der Waals surface area contributed by atoms with Gasteiger partial charge in [0.2, 0.25) is 10.4 Å². The van der Waals surface area contributed by atoms with E-state index in [1.807, 2.05) is 0 Å². The molecule has 0 saturated carbocycles. The Hall–Kier alpha value is 1.51. The maximum atomic E-state index is 11.0. The number of hydrogen-bond acceptors (Lipinski definition) is 4. The maximum Gasteiger partial charge on any atom is 1.00 e. The first-order valence-corrected chi connectivity index (χ1v) is 20.9. The summed E-state index contributed by atoms with van der Waals surface area (Å²) in [5, 5.41) is 0. The number of hydrogen-bond donors (Lipinski definition) is 0. The quantitative estimate of drug-likeness (QED) is 0.0286. The molecule has 0 saturated heterocycles. The van der Waals surface area contributed by atoms with Gasteiger partial charge in [-0.1, -0.05) is 219 Å². The topological polar surface area (TPSA) is 66.4 Å². The smallest absolute Gasteiger partial charge is 0.726 e. The standard InChI is InChI=1S/C38H78O4S.K/c1-3-5-7-9-11-13-15-17-19-20-21-22-24-26-28-30-32-34-36-38(37-42-43(39,40)41)35-33-31-29-27-25-23-18-16-14-12-10-8-6-4-2;/h38H,3-37H2,1-2H3,(H,39,40,41);/q;+1/p-1. The van der Waals surface area contributed by atoms with E-state index in [0.717, 1.165) is 25.7 Å². The molecule has 1 unspecified atom stereocenters. The summed E-state index contributed by atoms with van der Waals surface area (Å²) < 4.78 is 37.7. The Labute approximate surface area is 320 Å². The van der Waals surface area contributed by atoms with E-state index in [2.05, 4.69) is 18.0 Å². The predicted molar refractivity (Wildman–Crippen MR) is 187 cm³/mol. The second-order valence-corrected chi connectivity index (χ2v) is 14.8. The third-order valence-corrected chi connectivity index (χ3v) is 9.80. The normalized spacial score (nSPS) is 12.4. The van der Waals surface area contributed by atoms with E-state index in [1.165, 1.54) is 193 Å². The minimum Gasteiger partial charge on any atom is -0.726 e. The van der Waals surface area contributed by atoms with Crippen LogP contribution in [0.2, 0.25) is 0 Å². The second kappa shape index (κ2) is 38.9. The van der Waals surface area contributed by atoms with E-state index < -0.39 is 10.4 Å². The molecule has 0 aliphatic heterocycles. The van der Waals surface area contributed by atoms with Gasteiger partial charge in [-0.05, 0) is 18.8 Å². The van der Waals surface area contributed by atoms with Crippen molar-refractivity contribution in [3.8, 4) is 0 Å². The molecule has 0 rings (SSSR count). The molecule has 0 aromatic rings. The first-order chi connectivity index (χ1) is 21.0. The SMILES string of the molecule is CCCCCCCCCCCCCCCCCCCCC(CCCCCCCCCCCCCCCC)COS(=O)(=O)[O-].[K+]. The molecule has 6 heteroatoms. The first-order valence-electron chi connectivity index (χ1n) is 19.6. The Balaban J connectivity index is 0. The second-order valence-electron chi connectivity index (χ2n) is 13.7. The molecular formula is C38H77KO4S. The zero-order valence-corrected chi connectivity index (χ0v) is 34.3. The minimum absolute atomic E-state index is 0. The van der Waals surface area contributed by atoms with E-state index in [4.69, 9.17) is 0 Å². The summed E-state index contributed by atoms with van der Waals surface area (Å²) >= 11 is 0. The van der Waals surface area contributed by atoms with Gasteiger partial charge < -0.3 is 4.55 Å². The molecule has 0 bridgehead atoms. The van der Waals surface area contributed by atoms with Crippen molar-refractivity contribution >= 4 is 10.4 Å². The van der Waals surface area contributed by atoms with Crippen molar-refractivity contribution in [2.75, 3.05) is 6.61 Å². The van der Waals surface area contributed by atoms with Crippen molar-refractivity contribution in [3.05, 3.63) is 0 Å². The molecule has 0 aliphatic carbocycles. The molecule has 0 fully saturated rings. The first kappa shape index (κ1) is 47.6. The molecule has 44 heavy (non-hydrogen) atoms. The predicted octanol–water partition coefficient (Wildman–Crippen LogP) is 10.4. The Kier molecular flexibility index (Phi) is 42.2. The average Bonchev–Trinajstić information content (AvgIpc) is 2.98. The molecule has 0 amide bonds. The van der Waals surface area contributed by atoms with Crippen molar-refractivity contribution in [1.82, 2.24) is 0 Å². The van der Waals surface area contributed by atoms with Gasteiger partial charge in [0.15, 0.2) is 0 Å². The maximum absolute atomic E-state index is 11.0. The van der Waals surface area contributed by atoms with E-state index in [0.29, 0.717) is 0 Å². The monoisotopic (exact) mass is 669 g/mol. The van der Waals surface area contributed by atoms with Gasteiger partial charge >= 0.3 is 51.4 Å². The molecule has 0 heterocycles. The van der Waals surface area contributed by atoms with Crippen LogP contribution in [0.4, 0.5) is 0 Å². The minimum atomic E-state index is -4.59. The fourth-order valence-corrected chi connectivity index (χ4v) is 6.81. The fourth-order valence-electron chi connectivity index (χ4n) is 6.45. The molecule has 0 aromatic carbocycles. The molecule has 0 spiro atoms. The summed E-state index contributed by atoms with van der Waals surface area (Å²) in [5.74, 6) is 0.196. The summed E-state index contributed by atoms with van der Waals surface area (Å²) in [5.41, 5.74) is 0. The van der Waals surface area contributed by atoms with Crippen LogP contribution in [0, 0.1) is 5.92 Å². The molecule has 0 N–H and O–H groups in total. The molecular weight excluding hydrogens is 592 g/mol. The van der Waals surface area contributed by atoms with Crippen LogP contribution in [-0.2, 0) is 14.6 Å². The third-order valence-electron chi connectivity index (χ3n) is 9.38. The van der Waals surface area contributed by atoms with Crippen molar-refractivity contribution in [3.63, 3.8) is 0 Å². The Bertz CT molecular complexity index is 628. The van der Waals surface area contributed by atoms with Crippen LogP contribution < -0.4 is 51.4 Å². The molecule has 1 atom stereocenters. The number of rotatable bonds is 37. The van der Waals surface area contributed by atoms with Crippen molar-refractivity contribution < 1.29 is 68.5 Å². The largest absolute Gasteiger partial charge is 1.00 e. The molecule has 0 aromatic heterocycles. The zero-order valence-electron chi connectivity index (χ0n) is 30.4. The van der Waals surface area contributed by atoms with Crippen LogP contribution in [0.5, 0.6) is 0 Å². The van der Waals surface area contributed by atoms with Gasteiger partial charge in [-0.2, -0.15) is 0 Å². The van der Waals surface area contributed by atoms with Crippen LogP contribution in [0.1, 0.15) is 232 Å². The fraction of sp³-hybridized carbons (Fsp3) is 1.00. The van der Waals surface area contributed by atoms with E-state index in [9.17, 15) is 13.0 Å². The Morgan fingerprint density at radius 2 is 0.614 bits per heavy atom. The van der Waals surface area contributed by atoms with Gasteiger partial charge in [0.25, 0.3) is 0 Å². The van der Waals surface area contributed by atoms with Crippen molar-refractivity contribution in [1.29, 1.82) is 0 Å². The molecule has 0 aliphatic rings. The number of unbranched alkanes of at least 4 members (excludes halogenated alkanes) is 30. The Morgan fingerprint density at radius 1 is 0.409 bits per heavy atom. The van der Waals surface area contributed by atoms with Crippen LogP contribution in [-0.4, -0.2) is 19.6 Å². The molecule has 260 valence electrons. The van der Waals surface area contributed by atoms with Gasteiger partial charge in [0.1, 0.15) is 0 Å². The third kappa shape index (κ3) is 41.5. The molecule has 4 nitrogen and oxygen atoms in total. The molecule has 0 radical (unpaired) electrons. The summed E-state index contributed by atoms with van der Waals surface area (Å²) in [6, 6.07) is 0. The van der Waals surface area contributed by atoms with Crippen LogP contribution in [0.25, 0.3) is 0 Å². The van der Waals surface area contributed by atoms with Gasteiger partial charge in [-0.15, -0.1) is 0 Å². The zero-order chi connectivity index (χ0) is 31.5. The van der Waals surface area contributed by atoms with E-state index in [-0.39, 0.29) is 63.9 Å². The summed E-state index contributed by atoms with van der Waals surface area (Å²) in [4.78, 5) is 0. The summed E-state index contributed by atoms with van der Waals surface area (Å²) in [6.07, 6.45) is 45.3. The summed E-state index contributed by atoms with van der Waals surface area (Å²) in [6.45, 7) is 4.63. The Morgan fingerprint density at radius 3 is 0.818 bits per heavy atom.